The molecule has 1 aromatic carbocycles. The van der Waals surface area contributed by atoms with Crippen molar-refractivity contribution in [1.29, 1.82) is 0 Å². The molecule has 0 aliphatic carbocycles. The molecule has 15 heteroatoms. The van der Waals surface area contributed by atoms with Crippen LogP contribution in [0, 0.1) is 11.3 Å². The van der Waals surface area contributed by atoms with E-state index in [1.54, 1.807) is 35.6 Å². The molecule has 1 heterocycles. The summed E-state index contributed by atoms with van der Waals surface area (Å²) in [5.41, 5.74) is -1.07. The van der Waals surface area contributed by atoms with E-state index in [0.717, 1.165) is 0 Å². The molecular formula is C24H30ClF4N5O5. The average molecular weight is 580 g/mol. The lowest BCUT2D eigenvalue weighted by atomic mass is 9.85. The van der Waals surface area contributed by atoms with Crippen molar-refractivity contribution in [2.24, 2.45) is 11.3 Å². The fourth-order valence-corrected chi connectivity index (χ4v) is 3.88. The van der Waals surface area contributed by atoms with Gasteiger partial charge in [0.15, 0.2) is 0 Å². The zero-order chi connectivity index (χ0) is 29.5. The van der Waals surface area contributed by atoms with Crippen LogP contribution in [-0.4, -0.2) is 71.5 Å². The van der Waals surface area contributed by atoms with Gasteiger partial charge in [-0.2, -0.15) is 13.2 Å². The van der Waals surface area contributed by atoms with Crippen LogP contribution in [0.5, 0.6) is 0 Å². The lowest BCUT2D eigenvalue weighted by molar-refractivity contribution is -0.175. The average Bonchev–Trinajstić information content (AvgIpc) is 3.24. The van der Waals surface area contributed by atoms with E-state index in [1.807, 2.05) is 0 Å². The van der Waals surface area contributed by atoms with E-state index in [-0.39, 0.29) is 6.42 Å². The number of benzene rings is 1. The van der Waals surface area contributed by atoms with Gasteiger partial charge in [0, 0.05) is 13.0 Å². The Morgan fingerprint density at radius 3 is 2.18 bits per heavy atom. The van der Waals surface area contributed by atoms with E-state index in [0.29, 0.717) is 23.5 Å². The first kappa shape index (κ1) is 31.8. The summed E-state index contributed by atoms with van der Waals surface area (Å²) >= 11 is 5.29. The summed E-state index contributed by atoms with van der Waals surface area (Å²) < 4.78 is 52.4. The Morgan fingerprint density at radius 2 is 1.69 bits per heavy atom. The second kappa shape index (κ2) is 13.1. The van der Waals surface area contributed by atoms with Gasteiger partial charge in [0.1, 0.15) is 12.1 Å². The fourth-order valence-electron chi connectivity index (χ4n) is 3.76. The number of hydrazine groups is 1. The number of nitrogens with zero attached hydrogens (tertiary/aromatic N) is 1. The smallest absolute Gasteiger partial charge is 0.356 e. The van der Waals surface area contributed by atoms with Crippen LogP contribution in [0.4, 0.5) is 17.6 Å². The van der Waals surface area contributed by atoms with Crippen LogP contribution in [0.2, 0.25) is 0 Å². The number of amides is 5. The highest BCUT2D eigenvalue weighted by Crippen LogP contribution is 2.23. The van der Waals surface area contributed by atoms with Gasteiger partial charge in [-0.15, -0.1) is 0 Å². The number of hydrogen-bond donors (Lipinski definition) is 4. The molecule has 0 saturated carbocycles. The summed E-state index contributed by atoms with van der Waals surface area (Å²) in [7, 11) is 0. The second-order valence-corrected chi connectivity index (χ2v) is 10.4. The third kappa shape index (κ3) is 9.37. The molecule has 4 atom stereocenters. The number of carbonyl (C=O) groups excluding carboxylic acids is 5. The molecule has 0 bridgehead atoms. The molecule has 0 aromatic heterocycles. The number of carbonyl (C=O) groups is 5. The number of rotatable bonds is 9. The van der Waals surface area contributed by atoms with Gasteiger partial charge < -0.3 is 16.0 Å². The first-order valence-electron chi connectivity index (χ1n) is 11.9. The van der Waals surface area contributed by atoms with E-state index in [9.17, 15) is 41.5 Å². The number of halogens is 5. The molecule has 1 aliphatic heterocycles. The van der Waals surface area contributed by atoms with Crippen LogP contribution in [0.15, 0.2) is 30.3 Å². The Bertz CT molecular complexity index is 1070. The van der Waals surface area contributed by atoms with Crippen LogP contribution >= 0.6 is 11.6 Å². The Morgan fingerprint density at radius 1 is 1.08 bits per heavy atom. The van der Waals surface area contributed by atoms with Crippen molar-refractivity contribution in [3.05, 3.63) is 35.9 Å². The maximum Gasteiger partial charge on any atom is 0.471 e. The van der Waals surface area contributed by atoms with Crippen molar-refractivity contribution in [3.63, 3.8) is 0 Å². The molecule has 39 heavy (non-hydrogen) atoms. The van der Waals surface area contributed by atoms with Crippen LogP contribution in [0.3, 0.4) is 0 Å². The topological polar surface area (TPSA) is 137 Å². The van der Waals surface area contributed by atoms with E-state index in [2.05, 4.69) is 16.1 Å². The van der Waals surface area contributed by atoms with Gasteiger partial charge in [0.05, 0.1) is 12.5 Å². The monoisotopic (exact) mass is 579 g/mol. The van der Waals surface area contributed by atoms with Gasteiger partial charge >= 0.3 is 12.1 Å². The Labute approximate surface area is 227 Å². The minimum absolute atomic E-state index is 0.186. The number of nitrogens with one attached hydrogen (secondary N) is 4. The lowest BCUT2D eigenvalue weighted by Crippen LogP contribution is -2.61. The molecular weight excluding hydrogens is 550 g/mol. The molecule has 2 rings (SSSR count). The predicted molar refractivity (Wildman–Crippen MR) is 131 cm³/mol. The van der Waals surface area contributed by atoms with E-state index in [1.165, 1.54) is 20.8 Å². The SMILES string of the molecule is CC(C)(C)[C@H](NC(=O)C(F)(F)F)C(=O)N[C@@H](Cc1ccccc1)C(=O)NN(C[C@H]1CCNC1=O)C(=O)[C@H](F)Cl. The third-order valence-electron chi connectivity index (χ3n) is 5.84. The summed E-state index contributed by atoms with van der Waals surface area (Å²) in [4.78, 5) is 62.3. The first-order chi connectivity index (χ1) is 18.0. The minimum atomic E-state index is -5.26. The molecule has 1 fully saturated rings. The Kier molecular flexibility index (Phi) is 10.7. The second-order valence-electron chi connectivity index (χ2n) is 10.0. The van der Waals surface area contributed by atoms with Crippen molar-refractivity contribution in [2.45, 2.75) is 57.5 Å². The lowest BCUT2D eigenvalue weighted by Gasteiger charge is -2.33. The standard InChI is InChI=1S/C24H30ClF4N5O5/c1-23(2,3)16(32-22(39)24(27,28)29)20(37)31-15(11-13-7-5-4-6-8-13)19(36)33-34(21(38)17(25)26)12-14-9-10-30-18(14)35/h4-8,14-17H,9-12H2,1-3H3,(H,30,35)(H,31,37)(H,32,39)(H,33,36)/t14-,15+,16-,17+/m1/s1. The van der Waals surface area contributed by atoms with E-state index >= 15 is 0 Å². The number of alkyl halides is 5. The molecule has 0 spiro atoms. The molecule has 5 amide bonds. The predicted octanol–water partition coefficient (Wildman–Crippen LogP) is 1.34. The highest BCUT2D eigenvalue weighted by molar-refractivity contribution is 6.29. The maximum absolute atomic E-state index is 13.7. The van der Waals surface area contributed by atoms with Gasteiger partial charge in [-0.05, 0) is 17.4 Å². The summed E-state index contributed by atoms with van der Waals surface area (Å²) in [6, 6.07) is 4.99. The fraction of sp³-hybridized carbons (Fsp3) is 0.542. The van der Waals surface area contributed by atoms with Crippen molar-refractivity contribution < 1.29 is 41.5 Å². The molecule has 1 aromatic rings. The summed E-state index contributed by atoms with van der Waals surface area (Å²) in [6.45, 7) is 4.13. The maximum atomic E-state index is 13.7. The molecule has 10 nitrogen and oxygen atoms in total. The zero-order valence-electron chi connectivity index (χ0n) is 21.4. The third-order valence-corrected chi connectivity index (χ3v) is 6.03. The van der Waals surface area contributed by atoms with Gasteiger partial charge in [-0.25, -0.2) is 9.40 Å². The quantitative estimate of drug-likeness (QED) is 0.199. The highest BCUT2D eigenvalue weighted by Gasteiger charge is 2.44. The van der Waals surface area contributed by atoms with Crippen molar-refractivity contribution in [1.82, 2.24) is 26.4 Å². The Hall–Kier alpha value is -3.42. The molecule has 0 unspecified atom stereocenters. The summed E-state index contributed by atoms with van der Waals surface area (Å²) in [5, 5.41) is 7.05. The normalized spacial score (nSPS) is 17.8. The van der Waals surface area contributed by atoms with Crippen LogP contribution in [-0.2, 0) is 30.4 Å². The summed E-state index contributed by atoms with van der Waals surface area (Å²) in [6.07, 6.45) is -5.15. The number of hydrogen-bond acceptors (Lipinski definition) is 5. The van der Waals surface area contributed by atoms with Crippen molar-refractivity contribution in [3.8, 4) is 0 Å². The van der Waals surface area contributed by atoms with Crippen LogP contribution in [0.25, 0.3) is 0 Å². The highest BCUT2D eigenvalue weighted by atomic mass is 35.5. The van der Waals surface area contributed by atoms with Gasteiger partial charge in [0.2, 0.25) is 11.8 Å². The molecule has 1 saturated heterocycles. The van der Waals surface area contributed by atoms with Crippen LogP contribution in [0.1, 0.15) is 32.8 Å². The largest absolute Gasteiger partial charge is 0.471 e. The van der Waals surface area contributed by atoms with E-state index < -0.39 is 71.3 Å². The summed E-state index contributed by atoms with van der Waals surface area (Å²) in [5.74, 6) is -7.04. The van der Waals surface area contributed by atoms with Crippen molar-refractivity contribution >= 4 is 41.1 Å². The van der Waals surface area contributed by atoms with Gasteiger partial charge in [-0.1, -0.05) is 62.7 Å². The molecule has 0 radical (unpaired) electrons. The van der Waals surface area contributed by atoms with Crippen molar-refractivity contribution in [2.75, 3.05) is 13.1 Å². The zero-order valence-corrected chi connectivity index (χ0v) is 22.2. The first-order valence-corrected chi connectivity index (χ1v) is 12.3. The minimum Gasteiger partial charge on any atom is -0.356 e. The van der Waals surface area contributed by atoms with E-state index in [4.69, 9.17) is 11.6 Å². The Balaban J connectivity index is 2.33. The van der Waals surface area contributed by atoms with Gasteiger partial charge in [-0.3, -0.25) is 29.4 Å². The molecule has 1 aliphatic rings. The molecule has 4 N–H and O–H groups in total. The van der Waals surface area contributed by atoms with Crippen LogP contribution < -0.4 is 21.4 Å². The van der Waals surface area contributed by atoms with Gasteiger partial charge in [0.25, 0.3) is 17.4 Å². The molecule has 216 valence electrons.